The van der Waals surface area contributed by atoms with Gasteiger partial charge in [0.1, 0.15) is 10.4 Å². The zero-order chi connectivity index (χ0) is 10.1. The molecule has 1 aromatic carbocycles. The number of methoxy groups -OCH3 is 1. The lowest BCUT2D eigenvalue weighted by Gasteiger charge is -2.03. The first-order valence-electron chi connectivity index (χ1n) is 4.18. The average molecular weight is 253 g/mol. The van der Waals surface area contributed by atoms with Crippen LogP contribution < -0.4 is 4.74 Å². The molecular weight excluding hydrogens is 244 g/mol. The Morgan fingerprint density at radius 3 is 2.71 bits per heavy atom. The van der Waals surface area contributed by atoms with Crippen LogP contribution in [0.25, 0.3) is 11.0 Å². The molecule has 0 aliphatic carbocycles. The number of aromatic nitrogens is 2. The molecule has 0 spiro atoms. The minimum atomic E-state index is 0.787. The second-order valence-corrected chi connectivity index (χ2v) is 3.71. The lowest BCUT2D eigenvalue weighted by molar-refractivity contribution is 0.415. The fourth-order valence-corrected chi connectivity index (χ4v) is 1.51. The Hall–Kier alpha value is -1.16. The van der Waals surface area contributed by atoms with E-state index in [4.69, 9.17) is 4.74 Å². The highest BCUT2D eigenvalue weighted by Gasteiger charge is 2.03. The van der Waals surface area contributed by atoms with E-state index < -0.39 is 0 Å². The number of halogens is 1. The molecule has 2 aromatic rings. The minimum absolute atomic E-state index is 0.787. The molecule has 4 heteroatoms. The van der Waals surface area contributed by atoms with Crippen molar-refractivity contribution in [2.24, 2.45) is 0 Å². The topological polar surface area (TPSA) is 35.0 Å². The quantitative estimate of drug-likeness (QED) is 0.783. The minimum Gasteiger partial charge on any atom is -0.497 e. The van der Waals surface area contributed by atoms with E-state index in [-0.39, 0.29) is 0 Å². The molecule has 0 atom stereocenters. The van der Waals surface area contributed by atoms with Crippen LogP contribution >= 0.6 is 15.9 Å². The number of ether oxygens (including phenoxy) is 1. The second-order valence-electron chi connectivity index (χ2n) is 2.95. The Kier molecular flexibility index (Phi) is 2.37. The first-order chi connectivity index (χ1) is 6.70. The highest BCUT2D eigenvalue weighted by atomic mass is 79.9. The number of benzene rings is 1. The third-order valence-electron chi connectivity index (χ3n) is 1.99. The van der Waals surface area contributed by atoms with Gasteiger partial charge in [-0.15, -0.1) is 0 Å². The smallest absolute Gasteiger partial charge is 0.128 e. The van der Waals surface area contributed by atoms with Gasteiger partial charge >= 0.3 is 0 Å². The third-order valence-corrected chi connectivity index (χ3v) is 2.74. The van der Waals surface area contributed by atoms with Gasteiger partial charge < -0.3 is 4.74 Å². The van der Waals surface area contributed by atoms with Crippen LogP contribution in [0, 0.1) is 6.92 Å². The van der Waals surface area contributed by atoms with E-state index >= 15 is 0 Å². The van der Waals surface area contributed by atoms with E-state index in [0.717, 1.165) is 27.1 Å². The maximum atomic E-state index is 5.11. The maximum absolute atomic E-state index is 5.11. The van der Waals surface area contributed by atoms with Gasteiger partial charge in [-0.3, -0.25) is 0 Å². The van der Waals surface area contributed by atoms with Crippen molar-refractivity contribution in [2.45, 2.75) is 6.92 Å². The van der Waals surface area contributed by atoms with Gasteiger partial charge in [0, 0.05) is 6.07 Å². The maximum Gasteiger partial charge on any atom is 0.128 e. The van der Waals surface area contributed by atoms with Gasteiger partial charge in [0.05, 0.1) is 23.8 Å². The molecular formula is C10H9BrN2O. The van der Waals surface area contributed by atoms with Gasteiger partial charge in [0.2, 0.25) is 0 Å². The van der Waals surface area contributed by atoms with Crippen molar-refractivity contribution in [3.05, 3.63) is 28.5 Å². The van der Waals surface area contributed by atoms with Crippen LogP contribution in [0.4, 0.5) is 0 Å². The summed E-state index contributed by atoms with van der Waals surface area (Å²) in [6.45, 7) is 1.91. The molecule has 1 heterocycles. The normalized spacial score (nSPS) is 10.5. The predicted molar refractivity (Wildman–Crippen MR) is 58.5 cm³/mol. The molecule has 14 heavy (non-hydrogen) atoms. The summed E-state index contributed by atoms with van der Waals surface area (Å²) in [6.07, 6.45) is 0. The lowest BCUT2D eigenvalue weighted by Crippen LogP contribution is -1.91. The van der Waals surface area contributed by atoms with Crippen LogP contribution in [-0.4, -0.2) is 17.1 Å². The second kappa shape index (κ2) is 3.53. The summed E-state index contributed by atoms with van der Waals surface area (Å²) in [5.74, 6) is 0.800. The summed E-state index contributed by atoms with van der Waals surface area (Å²) in [7, 11) is 1.64. The van der Waals surface area contributed by atoms with Crippen LogP contribution in [0.5, 0.6) is 5.75 Å². The van der Waals surface area contributed by atoms with E-state index in [0.29, 0.717) is 0 Å². The number of nitrogens with zero attached hydrogens (tertiary/aromatic N) is 2. The van der Waals surface area contributed by atoms with Gasteiger partial charge in [0.15, 0.2) is 0 Å². The van der Waals surface area contributed by atoms with Crippen LogP contribution in [0.15, 0.2) is 22.8 Å². The van der Waals surface area contributed by atoms with Crippen LogP contribution in [0.1, 0.15) is 5.69 Å². The van der Waals surface area contributed by atoms with Crippen molar-refractivity contribution in [3.8, 4) is 5.75 Å². The van der Waals surface area contributed by atoms with Crippen molar-refractivity contribution in [2.75, 3.05) is 7.11 Å². The first kappa shape index (κ1) is 9.40. The molecule has 0 unspecified atom stereocenters. The Labute approximate surface area is 90.3 Å². The summed E-state index contributed by atoms with van der Waals surface area (Å²) >= 11 is 3.35. The Bertz CT molecular complexity index is 485. The molecule has 72 valence electrons. The zero-order valence-corrected chi connectivity index (χ0v) is 9.50. The predicted octanol–water partition coefficient (Wildman–Crippen LogP) is 2.71. The molecule has 0 bridgehead atoms. The van der Waals surface area contributed by atoms with E-state index in [1.807, 2.05) is 25.1 Å². The molecule has 1 aromatic heterocycles. The number of hydrogen-bond donors (Lipinski definition) is 0. The molecule has 2 rings (SSSR count). The molecule has 3 nitrogen and oxygen atoms in total. The van der Waals surface area contributed by atoms with E-state index in [2.05, 4.69) is 25.9 Å². The fraction of sp³-hybridized carbons (Fsp3) is 0.200. The largest absolute Gasteiger partial charge is 0.497 e. The summed E-state index contributed by atoms with van der Waals surface area (Å²) in [5.41, 5.74) is 2.60. The molecule has 0 aliphatic heterocycles. The van der Waals surface area contributed by atoms with Crippen LogP contribution in [0.2, 0.25) is 0 Å². The van der Waals surface area contributed by atoms with E-state index in [9.17, 15) is 0 Å². The fourth-order valence-electron chi connectivity index (χ4n) is 1.23. The Morgan fingerprint density at radius 2 is 2.00 bits per heavy atom. The number of aryl methyl sites for hydroxylation is 1. The molecule has 0 N–H and O–H groups in total. The van der Waals surface area contributed by atoms with Gasteiger partial charge in [0.25, 0.3) is 0 Å². The molecule has 0 saturated carbocycles. The van der Waals surface area contributed by atoms with Crippen LogP contribution in [-0.2, 0) is 0 Å². The monoisotopic (exact) mass is 252 g/mol. The van der Waals surface area contributed by atoms with Crippen molar-refractivity contribution in [1.82, 2.24) is 9.97 Å². The van der Waals surface area contributed by atoms with Crippen molar-refractivity contribution in [1.29, 1.82) is 0 Å². The SMILES string of the molecule is COc1ccc2nc(Br)c(C)nc2c1. The van der Waals surface area contributed by atoms with Crippen molar-refractivity contribution < 1.29 is 4.74 Å². The highest BCUT2D eigenvalue weighted by Crippen LogP contribution is 2.20. The third kappa shape index (κ3) is 1.57. The van der Waals surface area contributed by atoms with Gasteiger partial charge in [-0.05, 0) is 35.0 Å². The first-order valence-corrected chi connectivity index (χ1v) is 4.98. The standard InChI is InChI=1S/C10H9BrN2O/c1-6-10(11)13-8-4-3-7(14-2)5-9(8)12-6/h3-5H,1-2H3. The summed E-state index contributed by atoms with van der Waals surface area (Å²) < 4.78 is 5.90. The van der Waals surface area contributed by atoms with Crippen molar-refractivity contribution in [3.63, 3.8) is 0 Å². The van der Waals surface area contributed by atoms with Gasteiger partial charge in [-0.1, -0.05) is 0 Å². The highest BCUT2D eigenvalue weighted by molar-refractivity contribution is 9.10. The number of hydrogen-bond acceptors (Lipinski definition) is 3. The number of rotatable bonds is 1. The number of fused-ring (bicyclic) bond motifs is 1. The summed E-state index contributed by atoms with van der Waals surface area (Å²) in [4.78, 5) is 8.74. The van der Waals surface area contributed by atoms with Crippen LogP contribution in [0.3, 0.4) is 0 Å². The lowest BCUT2D eigenvalue weighted by atomic mass is 10.3. The van der Waals surface area contributed by atoms with Crippen molar-refractivity contribution >= 4 is 27.0 Å². The van der Waals surface area contributed by atoms with Gasteiger partial charge in [-0.2, -0.15) is 0 Å². The summed E-state index contributed by atoms with van der Waals surface area (Å²) in [6, 6.07) is 5.64. The molecule has 0 amide bonds. The Balaban J connectivity index is 2.70. The molecule has 0 fully saturated rings. The van der Waals surface area contributed by atoms with E-state index in [1.54, 1.807) is 7.11 Å². The average Bonchev–Trinajstić information content (AvgIpc) is 2.19. The summed E-state index contributed by atoms with van der Waals surface area (Å²) in [5, 5.41) is 0. The Morgan fingerprint density at radius 1 is 1.21 bits per heavy atom. The molecule has 0 aliphatic rings. The molecule has 0 radical (unpaired) electrons. The molecule has 0 saturated heterocycles. The van der Waals surface area contributed by atoms with Gasteiger partial charge in [-0.25, -0.2) is 9.97 Å². The zero-order valence-electron chi connectivity index (χ0n) is 7.91. The van der Waals surface area contributed by atoms with E-state index in [1.165, 1.54) is 0 Å².